The topological polar surface area (TPSA) is 66.3 Å². The van der Waals surface area contributed by atoms with Crippen LogP contribution in [0, 0.1) is 0 Å². The molecule has 0 bridgehead atoms. The first-order valence-electron chi connectivity index (χ1n) is 5.72. The first kappa shape index (κ1) is 16.1. The van der Waals surface area contributed by atoms with Crippen LogP contribution in [-0.2, 0) is 9.38 Å². The maximum Gasteiger partial charge on any atom is 0.318 e. The zero-order valence-electron chi connectivity index (χ0n) is 10.7. The van der Waals surface area contributed by atoms with E-state index >= 15 is 0 Å². The third-order valence-corrected chi connectivity index (χ3v) is 3.74. The minimum Gasteiger partial charge on any atom is -0.376 e. The molecular weight excluding hydrogens is 340 g/mol. The predicted molar refractivity (Wildman–Crippen MR) is 79.2 cm³/mol. The lowest BCUT2D eigenvalue weighted by Gasteiger charge is -2.19. The standard InChI is InChI=1S/C12H10Cl2FN3O2S/c1-18(7-5-3-2-4-6-7)10(20)8(19)9-16-11(17-21-9)12(13,14)15/h2-6,8,19H,1H3. The van der Waals surface area contributed by atoms with Gasteiger partial charge in [0.05, 0.1) is 0 Å². The molecule has 0 aliphatic carbocycles. The van der Waals surface area contributed by atoms with Crippen molar-refractivity contribution in [1.29, 1.82) is 0 Å². The van der Waals surface area contributed by atoms with Gasteiger partial charge in [-0.15, -0.1) is 0 Å². The highest BCUT2D eigenvalue weighted by Crippen LogP contribution is 2.34. The maximum atomic E-state index is 13.3. The van der Waals surface area contributed by atoms with E-state index in [0.717, 1.165) is 0 Å². The van der Waals surface area contributed by atoms with Crippen LogP contribution in [0.5, 0.6) is 0 Å². The number of carbonyl (C=O) groups is 1. The number of anilines is 1. The number of likely N-dealkylation sites (N-methyl/N-ethyl adjacent to an activating group) is 1. The molecule has 0 saturated carbocycles. The molecule has 1 aromatic heterocycles. The van der Waals surface area contributed by atoms with Crippen molar-refractivity contribution in [3.05, 3.63) is 41.2 Å². The van der Waals surface area contributed by atoms with Crippen LogP contribution in [0.15, 0.2) is 30.3 Å². The Bertz CT molecular complexity index is 633. The minimum absolute atomic E-state index is 0.0823. The normalized spacial score (nSPS) is 13.0. The van der Waals surface area contributed by atoms with Gasteiger partial charge < -0.3 is 10.0 Å². The average Bonchev–Trinajstić information content (AvgIpc) is 2.95. The number of para-hydroxylation sites is 1. The third kappa shape index (κ3) is 3.68. The van der Waals surface area contributed by atoms with E-state index in [1.54, 1.807) is 30.3 Å². The smallest absolute Gasteiger partial charge is 0.318 e. The van der Waals surface area contributed by atoms with Crippen LogP contribution in [0.2, 0.25) is 0 Å². The van der Waals surface area contributed by atoms with E-state index in [0.29, 0.717) is 17.2 Å². The van der Waals surface area contributed by atoms with E-state index in [-0.39, 0.29) is 5.01 Å². The largest absolute Gasteiger partial charge is 0.376 e. The maximum absolute atomic E-state index is 13.3. The number of benzene rings is 1. The monoisotopic (exact) mass is 349 g/mol. The van der Waals surface area contributed by atoms with Gasteiger partial charge in [-0.25, -0.2) is 4.98 Å². The summed E-state index contributed by atoms with van der Waals surface area (Å²) in [5, 5.41) is 9.93. The van der Waals surface area contributed by atoms with Gasteiger partial charge in [0.2, 0.25) is 5.82 Å². The molecule has 1 aromatic carbocycles. The quantitative estimate of drug-likeness (QED) is 0.862. The Labute approximate surface area is 134 Å². The molecule has 1 N–H and O–H groups in total. The number of alkyl halides is 3. The molecule has 0 aliphatic rings. The van der Waals surface area contributed by atoms with E-state index < -0.39 is 22.4 Å². The second kappa shape index (κ2) is 6.23. The fraction of sp³-hybridized carbons (Fsp3) is 0.250. The highest BCUT2D eigenvalue weighted by molar-refractivity contribution is 7.05. The van der Waals surface area contributed by atoms with E-state index in [1.165, 1.54) is 11.9 Å². The van der Waals surface area contributed by atoms with Gasteiger partial charge in [0.15, 0.2) is 11.1 Å². The van der Waals surface area contributed by atoms with Crippen LogP contribution in [0.4, 0.5) is 10.1 Å². The second-order valence-electron chi connectivity index (χ2n) is 4.09. The number of aliphatic hydroxyl groups excluding tert-OH is 1. The number of nitrogens with zero attached hydrogens (tertiary/aromatic N) is 3. The number of carbonyl (C=O) groups excluding carboxylic acids is 1. The lowest BCUT2D eigenvalue weighted by Crippen LogP contribution is -2.31. The van der Waals surface area contributed by atoms with E-state index in [2.05, 4.69) is 9.36 Å². The summed E-state index contributed by atoms with van der Waals surface area (Å²) >= 11 is 11.1. The molecule has 1 atom stereocenters. The molecule has 0 aliphatic heterocycles. The van der Waals surface area contributed by atoms with Crippen LogP contribution in [0.1, 0.15) is 16.9 Å². The molecule has 0 radical (unpaired) electrons. The van der Waals surface area contributed by atoms with Crippen molar-refractivity contribution in [3.63, 3.8) is 0 Å². The molecule has 112 valence electrons. The number of aliphatic hydroxyl groups is 1. The van der Waals surface area contributed by atoms with Gasteiger partial charge >= 0.3 is 4.59 Å². The average molecular weight is 350 g/mol. The highest BCUT2D eigenvalue weighted by Gasteiger charge is 2.33. The van der Waals surface area contributed by atoms with Gasteiger partial charge in [0.25, 0.3) is 5.91 Å². The Morgan fingerprint density at radius 3 is 2.57 bits per heavy atom. The van der Waals surface area contributed by atoms with Gasteiger partial charge in [0.1, 0.15) is 0 Å². The first-order chi connectivity index (χ1) is 9.80. The Balaban J connectivity index is 2.18. The summed E-state index contributed by atoms with van der Waals surface area (Å²) in [6.45, 7) is 0. The molecule has 1 heterocycles. The SMILES string of the molecule is CN(C(=O)C(O)c1nc(C(F)(Cl)Cl)ns1)c1ccccc1. The number of aromatic nitrogens is 2. The minimum atomic E-state index is -2.76. The van der Waals surface area contributed by atoms with Crippen molar-refractivity contribution in [2.45, 2.75) is 10.7 Å². The van der Waals surface area contributed by atoms with Gasteiger partial charge in [0, 0.05) is 12.7 Å². The van der Waals surface area contributed by atoms with Gasteiger partial charge in [-0.05, 0) is 23.7 Å². The Hall–Kier alpha value is -1.28. The summed E-state index contributed by atoms with van der Waals surface area (Å²) in [4.78, 5) is 17.1. The van der Waals surface area contributed by atoms with Crippen LogP contribution in [0.25, 0.3) is 0 Å². The lowest BCUT2D eigenvalue weighted by molar-refractivity contribution is -0.126. The molecule has 0 saturated heterocycles. The molecule has 2 aromatic rings. The fourth-order valence-electron chi connectivity index (χ4n) is 1.53. The van der Waals surface area contributed by atoms with E-state index in [1.807, 2.05) is 0 Å². The Morgan fingerprint density at radius 2 is 2.05 bits per heavy atom. The molecule has 1 unspecified atom stereocenters. The van der Waals surface area contributed by atoms with Crippen molar-refractivity contribution in [3.8, 4) is 0 Å². The molecule has 2 rings (SSSR count). The third-order valence-electron chi connectivity index (χ3n) is 2.64. The number of hydrogen-bond donors (Lipinski definition) is 1. The molecule has 5 nitrogen and oxygen atoms in total. The predicted octanol–water partition coefficient (Wildman–Crippen LogP) is 2.79. The van der Waals surface area contributed by atoms with Gasteiger partial charge in [-0.2, -0.15) is 8.76 Å². The molecule has 0 fully saturated rings. The summed E-state index contributed by atoms with van der Waals surface area (Å²) < 4.78 is 14.1. The van der Waals surface area contributed by atoms with Crippen LogP contribution >= 0.6 is 34.7 Å². The molecule has 21 heavy (non-hydrogen) atoms. The summed E-state index contributed by atoms with van der Waals surface area (Å²) in [5.41, 5.74) is 0.598. The van der Waals surface area contributed by atoms with Crippen molar-refractivity contribution in [2.75, 3.05) is 11.9 Å². The number of amides is 1. The summed E-state index contributed by atoms with van der Waals surface area (Å²) in [7, 11) is 1.51. The molecule has 1 amide bonds. The zero-order chi connectivity index (χ0) is 15.6. The second-order valence-corrected chi connectivity index (χ2v) is 6.11. The van der Waals surface area contributed by atoms with Gasteiger partial charge in [-0.1, -0.05) is 41.4 Å². The lowest BCUT2D eigenvalue weighted by atomic mass is 10.2. The van der Waals surface area contributed by atoms with Crippen LogP contribution in [-0.4, -0.2) is 27.4 Å². The summed E-state index contributed by atoms with van der Waals surface area (Å²) in [6.07, 6.45) is -1.57. The van der Waals surface area contributed by atoms with E-state index in [4.69, 9.17) is 23.2 Å². The molecular formula is C12H10Cl2FN3O2S. The number of rotatable bonds is 4. The summed E-state index contributed by atoms with van der Waals surface area (Å²) in [6, 6.07) is 8.73. The first-order valence-corrected chi connectivity index (χ1v) is 7.25. The Kier molecular flexibility index (Phi) is 4.77. The number of hydrogen-bond acceptors (Lipinski definition) is 5. The molecule has 0 spiro atoms. The molecule has 9 heteroatoms. The van der Waals surface area contributed by atoms with Gasteiger partial charge in [-0.3, -0.25) is 4.79 Å². The van der Waals surface area contributed by atoms with E-state index in [9.17, 15) is 14.3 Å². The van der Waals surface area contributed by atoms with Crippen LogP contribution in [0.3, 0.4) is 0 Å². The van der Waals surface area contributed by atoms with Crippen molar-refractivity contribution in [2.24, 2.45) is 0 Å². The zero-order valence-corrected chi connectivity index (χ0v) is 13.0. The van der Waals surface area contributed by atoms with Crippen molar-refractivity contribution in [1.82, 2.24) is 9.36 Å². The summed E-state index contributed by atoms with van der Waals surface area (Å²) in [5.74, 6) is -1.13. The van der Waals surface area contributed by atoms with Crippen molar-refractivity contribution < 1.29 is 14.3 Å². The number of halogens is 3. The van der Waals surface area contributed by atoms with Crippen LogP contribution < -0.4 is 4.90 Å². The highest BCUT2D eigenvalue weighted by atomic mass is 35.5. The fourth-order valence-corrected chi connectivity index (χ4v) is 2.47. The van der Waals surface area contributed by atoms with Crippen molar-refractivity contribution >= 4 is 46.3 Å². The Morgan fingerprint density at radius 1 is 1.43 bits per heavy atom.